The molecule has 1 fully saturated rings. The molecule has 1 aromatic carbocycles. The van der Waals surface area contributed by atoms with Crippen LogP contribution in [0.25, 0.3) is 0 Å². The van der Waals surface area contributed by atoms with Gasteiger partial charge in [0.25, 0.3) is 0 Å². The van der Waals surface area contributed by atoms with Crippen LogP contribution in [0, 0.1) is 11.8 Å². The fourth-order valence-electron chi connectivity index (χ4n) is 2.53. The Kier molecular flexibility index (Phi) is 2.97. The molecule has 0 aliphatic carbocycles. The van der Waals surface area contributed by atoms with E-state index in [2.05, 4.69) is 58.0 Å². The first kappa shape index (κ1) is 11.3. The minimum Gasteiger partial charge on any atom is -0.294 e. The molecule has 3 rings (SSSR count). The number of halogens is 1. The molecule has 0 aromatic heterocycles. The summed E-state index contributed by atoms with van der Waals surface area (Å²) in [4.78, 5) is 0. The molecule has 0 spiro atoms. The highest BCUT2D eigenvalue weighted by atomic mass is 127. The smallest absolute Gasteiger partial charge is 0.112 e. The molecule has 2 heteroatoms. The van der Waals surface area contributed by atoms with Crippen molar-refractivity contribution in [2.75, 3.05) is 0 Å². The minimum absolute atomic E-state index is 0.0562. The molecular formula is C15H14IN. The maximum absolute atomic E-state index is 3.67. The second-order valence-electron chi connectivity index (χ2n) is 4.69. The van der Waals surface area contributed by atoms with Gasteiger partial charge >= 0.3 is 0 Å². The zero-order valence-corrected chi connectivity index (χ0v) is 11.7. The number of hydrogen-bond acceptors (Lipinski definition) is 1. The third-order valence-electron chi connectivity index (χ3n) is 3.50. The van der Waals surface area contributed by atoms with Crippen molar-refractivity contribution in [3.05, 3.63) is 45.6 Å². The summed E-state index contributed by atoms with van der Waals surface area (Å²) in [5.41, 5.74) is 1.04. The van der Waals surface area contributed by atoms with E-state index in [4.69, 9.17) is 0 Å². The topological polar surface area (TPSA) is 12.0 Å². The molecule has 2 aliphatic rings. The fraction of sp³-hybridized carbons (Fsp3) is 0.333. The molecule has 2 atom stereocenters. The molecule has 17 heavy (non-hydrogen) atoms. The molecule has 86 valence electrons. The SMILES string of the molecule is IC1=CCC2CCC1(C#Cc1ccccc1)N2. The minimum atomic E-state index is -0.0562. The van der Waals surface area contributed by atoms with Crippen LogP contribution in [0.4, 0.5) is 0 Å². The molecule has 1 saturated heterocycles. The monoisotopic (exact) mass is 335 g/mol. The van der Waals surface area contributed by atoms with Gasteiger partial charge in [-0.1, -0.05) is 36.1 Å². The highest BCUT2D eigenvalue weighted by molar-refractivity contribution is 14.1. The summed E-state index contributed by atoms with van der Waals surface area (Å²) in [5, 5.41) is 3.67. The molecule has 2 aliphatic heterocycles. The lowest BCUT2D eigenvalue weighted by Crippen LogP contribution is -2.44. The standard InChI is InChI=1S/C15H14IN/c16-14-7-6-13-9-11-15(14,17-13)10-8-12-4-2-1-3-5-12/h1-5,7,13,17H,6,9,11H2. The van der Waals surface area contributed by atoms with Gasteiger partial charge in [-0.05, 0) is 54.0 Å². The second-order valence-corrected chi connectivity index (χ2v) is 5.85. The Hall–Kier alpha value is -0.790. The van der Waals surface area contributed by atoms with Crippen molar-refractivity contribution in [3.63, 3.8) is 0 Å². The van der Waals surface area contributed by atoms with Crippen LogP contribution in [0.1, 0.15) is 24.8 Å². The van der Waals surface area contributed by atoms with Crippen LogP contribution in [0.5, 0.6) is 0 Å². The highest BCUT2D eigenvalue weighted by Crippen LogP contribution is 2.39. The van der Waals surface area contributed by atoms with Gasteiger partial charge in [-0.3, -0.25) is 5.32 Å². The maximum Gasteiger partial charge on any atom is 0.112 e. The van der Waals surface area contributed by atoms with Crippen LogP contribution in [0.3, 0.4) is 0 Å². The molecule has 2 bridgehead atoms. The second kappa shape index (κ2) is 4.47. The summed E-state index contributed by atoms with van der Waals surface area (Å²) in [6.45, 7) is 0. The zero-order chi connectivity index (χ0) is 11.7. The third kappa shape index (κ3) is 2.14. The first-order valence-electron chi connectivity index (χ1n) is 6.01. The predicted molar refractivity (Wildman–Crippen MR) is 78.9 cm³/mol. The molecule has 1 N–H and O–H groups in total. The number of benzene rings is 1. The summed E-state index contributed by atoms with van der Waals surface area (Å²) in [5.74, 6) is 6.76. The van der Waals surface area contributed by atoms with Gasteiger partial charge in [0.15, 0.2) is 0 Å². The van der Waals surface area contributed by atoms with Gasteiger partial charge in [0.05, 0.1) is 0 Å². The van der Waals surface area contributed by atoms with Crippen LogP contribution in [-0.2, 0) is 0 Å². The van der Waals surface area contributed by atoms with E-state index in [1.807, 2.05) is 18.2 Å². The Labute approximate surface area is 116 Å². The average Bonchev–Trinajstić information content (AvgIpc) is 2.74. The van der Waals surface area contributed by atoms with Gasteiger partial charge in [0.2, 0.25) is 0 Å². The summed E-state index contributed by atoms with van der Waals surface area (Å²) in [6, 6.07) is 10.9. The van der Waals surface area contributed by atoms with Gasteiger partial charge in [0.1, 0.15) is 5.54 Å². The lowest BCUT2D eigenvalue weighted by Gasteiger charge is -2.28. The summed E-state index contributed by atoms with van der Waals surface area (Å²) < 4.78 is 1.37. The van der Waals surface area contributed by atoms with E-state index in [-0.39, 0.29) is 5.54 Å². The number of nitrogens with one attached hydrogen (secondary N) is 1. The van der Waals surface area contributed by atoms with Crippen molar-refractivity contribution < 1.29 is 0 Å². The molecule has 0 amide bonds. The van der Waals surface area contributed by atoms with Crippen molar-refractivity contribution >= 4 is 22.6 Å². The number of fused-ring (bicyclic) bond motifs is 2. The zero-order valence-electron chi connectivity index (χ0n) is 9.54. The van der Waals surface area contributed by atoms with Crippen molar-refractivity contribution in [1.82, 2.24) is 5.32 Å². The van der Waals surface area contributed by atoms with Crippen LogP contribution < -0.4 is 5.32 Å². The Morgan fingerprint density at radius 1 is 1.29 bits per heavy atom. The largest absolute Gasteiger partial charge is 0.294 e. The highest BCUT2D eigenvalue weighted by Gasteiger charge is 2.41. The van der Waals surface area contributed by atoms with Crippen molar-refractivity contribution in [2.24, 2.45) is 0 Å². The maximum atomic E-state index is 3.67. The lowest BCUT2D eigenvalue weighted by molar-refractivity contribution is 0.507. The normalized spacial score (nSPS) is 30.4. The molecule has 1 nitrogen and oxygen atoms in total. The number of hydrogen-bond donors (Lipinski definition) is 1. The quantitative estimate of drug-likeness (QED) is 0.567. The van der Waals surface area contributed by atoms with E-state index in [0.717, 1.165) is 18.4 Å². The van der Waals surface area contributed by atoms with Crippen LogP contribution in [0.15, 0.2) is 40.0 Å². The molecule has 2 heterocycles. The lowest BCUT2D eigenvalue weighted by atomic mass is 9.97. The van der Waals surface area contributed by atoms with Gasteiger partial charge < -0.3 is 0 Å². The van der Waals surface area contributed by atoms with Gasteiger partial charge in [-0.25, -0.2) is 0 Å². The van der Waals surface area contributed by atoms with E-state index in [1.54, 1.807) is 0 Å². The van der Waals surface area contributed by atoms with Crippen LogP contribution in [0.2, 0.25) is 0 Å². The first-order valence-corrected chi connectivity index (χ1v) is 7.08. The van der Waals surface area contributed by atoms with E-state index in [9.17, 15) is 0 Å². The molecule has 0 saturated carbocycles. The fourth-order valence-corrected chi connectivity index (χ4v) is 3.34. The molecule has 1 aromatic rings. The molecule has 0 radical (unpaired) electrons. The van der Waals surface area contributed by atoms with Crippen molar-refractivity contribution in [3.8, 4) is 11.8 Å². The Morgan fingerprint density at radius 3 is 2.94 bits per heavy atom. The van der Waals surface area contributed by atoms with E-state index >= 15 is 0 Å². The molecular weight excluding hydrogens is 321 g/mol. The van der Waals surface area contributed by atoms with Gasteiger partial charge in [0, 0.05) is 15.2 Å². The summed E-state index contributed by atoms with van der Waals surface area (Å²) in [7, 11) is 0. The average molecular weight is 335 g/mol. The number of rotatable bonds is 0. The third-order valence-corrected chi connectivity index (χ3v) is 4.86. The van der Waals surface area contributed by atoms with E-state index < -0.39 is 0 Å². The molecule has 2 unspecified atom stereocenters. The van der Waals surface area contributed by atoms with Crippen LogP contribution in [-0.4, -0.2) is 11.6 Å². The van der Waals surface area contributed by atoms with Gasteiger partial charge in [-0.15, -0.1) is 0 Å². The summed E-state index contributed by atoms with van der Waals surface area (Å²) >= 11 is 2.44. The van der Waals surface area contributed by atoms with E-state index in [0.29, 0.717) is 6.04 Å². The van der Waals surface area contributed by atoms with Crippen LogP contribution >= 0.6 is 22.6 Å². The van der Waals surface area contributed by atoms with E-state index in [1.165, 1.54) is 10.0 Å². The first-order chi connectivity index (χ1) is 8.28. The Balaban J connectivity index is 1.93. The summed E-state index contributed by atoms with van der Waals surface area (Å²) in [6.07, 6.45) is 5.89. The predicted octanol–water partition coefficient (Wildman–Crippen LogP) is 3.25. The Bertz CT molecular complexity index is 509. The Morgan fingerprint density at radius 2 is 2.12 bits per heavy atom. The van der Waals surface area contributed by atoms with Gasteiger partial charge in [-0.2, -0.15) is 0 Å². The van der Waals surface area contributed by atoms with Crippen molar-refractivity contribution in [1.29, 1.82) is 0 Å². The van der Waals surface area contributed by atoms with Crippen molar-refractivity contribution in [2.45, 2.75) is 30.8 Å².